The number of nitrogens with zero attached hydrogens (tertiary/aromatic N) is 1. The Morgan fingerprint density at radius 2 is 1.89 bits per heavy atom. The number of ether oxygens (including phenoxy) is 1. The number of rotatable bonds is 10. The maximum absolute atomic E-state index is 11.9. The molecule has 0 spiro atoms. The highest BCUT2D eigenvalue weighted by molar-refractivity contribution is 7.89. The van der Waals surface area contributed by atoms with Crippen molar-refractivity contribution in [3.63, 3.8) is 0 Å². The normalized spacial score (nSPS) is 11.5. The van der Waals surface area contributed by atoms with Gasteiger partial charge in [-0.3, -0.25) is 9.59 Å². The molecule has 1 N–H and O–H groups in total. The van der Waals surface area contributed by atoms with Gasteiger partial charge in [0.25, 0.3) is 0 Å². The van der Waals surface area contributed by atoms with Crippen LogP contribution in [0.15, 0.2) is 0 Å². The van der Waals surface area contributed by atoms with Crippen molar-refractivity contribution in [1.82, 2.24) is 4.31 Å². The first-order chi connectivity index (χ1) is 8.83. The number of carbonyl (C=O) groups excluding carboxylic acids is 1. The first-order valence-electron chi connectivity index (χ1n) is 6.18. The van der Waals surface area contributed by atoms with Crippen LogP contribution in [-0.2, 0) is 24.3 Å². The Morgan fingerprint density at radius 1 is 1.26 bits per heavy atom. The van der Waals surface area contributed by atoms with E-state index in [9.17, 15) is 18.0 Å². The van der Waals surface area contributed by atoms with Gasteiger partial charge in [-0.1, -0.05) is 6.92 Å². The Morgan fingerprint density at radius 3 is 2.37 bits per heavy atom. The number of sulfonamides is 1. The predicted molar refractivity (Wildman–Crippen MR) is 69.2 cm³/mol. The van der Waals surface area contributed by atoms with Crippen LogP contribution in [0.5, 0.6) is 0 Å². The first kappa shape index (κ1) is 17.8. The van der Waals surface area contributed by atoms with Gasteiger partial charge in [0.1, 0.15) is 6.54 Å². The highest BCUT2D eigenvalue weighted by atomic mass is 32.2. The molecule has 0 heterocycles. The fourth-order valence-electron chi connectivity index (χ4n) is 1.48. The van der Waals surface area contributed by atoms with Crippen LogP contribution in [0.25, 0.3) is 0 Å². The highest BCUT2D eigenvalue weighted by Crippen LogP contribution is 2.06. The Labute approximate surface area is 113 Å². The van der Waals surface area contributed by atoms with Gasteiger partial charge in [0.05, 0.1) is 12.4 Å². The summed E-state index contributed by atoms with van der Waals surface area (Å²) in [6.07, 6.45) is 0.672. The minimum atomic E-state index is -3.65. The summed E-state index contributed by atoms with van der Waals surface area (Å²) < 4.78 is 29.4. The molecule has 0 aliphatic rings. The number of carbonyl (C=O) groups is 2. The molecular formula is C11H21NO6S. The molecule has 7 nitrogen and oxygen atoms in total. The average Bonchev–Trinajstić information content (AvgIpc) is 2.28. The zero-order valence-corrected chi connectivity index (χ0v) is 12.1. The van der Waals surface area contributed by atoms with E-state index < -0.39 is 28.5 Å². The predicted octanol–water partition coefficient (Wildman–Crippen LogP) is 0.456. The van der Waals surface area contributed by atoms with E-state index in [1.807, 2.05) is 0 Å². The molecule has 0 fully saturated rings. The molecule has 0 amide bonds. The second-order valence-electron chi connectivity index (χ2n) is 3.95. The lowest BCUT2D eigenvalue weighted by molar-refractivity contribution is -0.143. The highest BCUT2D eigenvalue weighted by Gasteiger charge is 2.23. The summed E-state index contributed by atoms with van der Waals surface area (Å²) in [5, 5.41) is 8.68. The molecule has 112 valence electrons. The fourth-order valence-corrected chi connectivity index (χ4v) is 3.01. The van der Waals surface area contributed by atoms with E-state index in [1.54, 1.807) is 13.8 Å². The smallest absolute Gasteiger partial charge is 0.318 e. The van der Waals surface area contributed by atoms with Gasteiger partial charge in [-0.2, -0.15) is 4.31 Å². The number of hydrogen-bond donors (Lipinski definition) is 1. The van der Waals surface area contributed by atoms with E-state index in [-0.39, 0.29) is 31.7 Å². The number of carboxylic acids is 1. The monoisotopic (exact) mass is 295 g/mol. The molecule has 0 aliphatic heterocycles. The van der Waals surface area contributed by atoms with Crippen molar-refractivity contribution < 1.29 is 27.9 Å². The molecular weight excluding hydrogens is 274 g/mol. The Kier molecular flexibility index (Phi) is 8.33. The van der Waals surface area contributed by atoms with Crippen molar-refractivity contribution in [2.45, 2.75) is 33.1 Å². The van der Waals surface area contributed by atoms with Gasteiger partial charge >= 0.3 is 11.9 Å². The van der Waals surface area contributed by atoms with Crippen molar-refractivity contribution in [2.24, 2.45) is 0 Å². The van der Waals surface area contributed by atoms with Crippen molar-refractivity contribution in [3.8, 4) is 0 Å². The summed E-state index contributed by atoms with van der Waals surface area (Å²) in [5.74, 6) is -1.89. The van der Waals surface area contributed by atoms with Gasteiger partial charge in [-0.25, -0.2) is 8.42 Å². The van der Waals surface area contributed by atoms with Gasteiger partial charge in [-0.15, -0.1) is 0 Å². The standard InChI is InChI=1S/C11H21NO6S/c1-3-7-12(9-10(13)14)19(16,17)8-5-6-11(15)18-4-2/h3-9H2,1-2H3,(H,13,14). The van der Waals surface area contributed by atoms with Gasteiger partial charge in [0.2, 0.25) is 10.0 Å². The molecule has 8 heteroatoms. The number of aliphatic carboxylic acids is 1. The molecule has 19 heavy (non-hydrogen) atoms. The molecule has 0 aliphatic carbocycles. The van der Waals surface area contributed by atoms with E-state index in [2.05, 4.69) is 4.74 Å². The number of carboxylic acid groups (broad SMARTS) is 1. The van der Waals surface area contributed by atoms with Gasteiger partial charge in [0, 0.05) is 13.0 Å². The molecule has 0 aromatic rings. The van der Waals surface area contributed by atoms with E-state index in [0.29, 0.717) is 6.42 Å². The van der Waals surface area contributed by atoms with Crippen LogP contribution in [0.2, 0.25) is 0 Å². The maximum atomic E-state index is 11.9. The van der Waals surface area contributed by atoms with E-state index >= 15 is 0 Å². The Bertz CT molecular complexity index is 392. The topological polar surface area (TPSA) is 101 Å². The third-order valence-corrected chi connectivity index (χ3v) is 4.17. The van der Waals surface area contributed by atoms with E-state index in [0.717, 1.165) is 4.31 Å². The Hall–Kier alpha value is -1.15. The molecule has 0 saturated carbocycles. The van der Waals surface area contributed by atoms with Gasteiger partial charge in [-0.05, 0) is 19.8 Å². The van der Waals surface area contributed by atoms with Crippen LogP contribution in [-0.4, -0.2) is 55.2 Å². The molecule has 0 atom stereocenters. The molecule has 0 aromatic heterocycles. The average molecular weight is 295 g/mol. The zero-order valence-electron chi connectivity index (χ0n) is 11.3. The first-order valence-corrected chi connectivity index (χ1v) is 7.79. The summed E-state index contributed by atoms with van der Waals surface area (Å²) in [6.45, 7) is 3.31. The quantitative estimate of drug-likeness (QED) is 0.587. The third-order valence-electron chi connectivity index (χ3n) is 2.27. The molecule has 0 aromatic carbocycles. The van der Waals surface area contributed by atoms with E-state index in [4.69, 9.17) is 5.11 Å². The van der Waals surface area contributed by atoms with Crippen LogP contribution in [0.3, 0.4) is 0 Å². The second-order valence-corrected chi connectivity index (χ2v) is 6.04. The van der Waals surface area contributed by atoms with Crippen LogP contribution in [0.1, 0.15) is 33.1 Å². The molecule has 0 unspecified atom stereocenters. The largest absolute Gasteiger partial charge is 0.480 e. The summed E-state index contributed by atoms with van der Waals surface area (Å²) >= 11 is 0. The molecule has 0 bridgehead atoms. The Balaban J connectivity index is 4.39. The number of hydrogen-bond acceptors (Lipinski definition) is 5. The van der Waals surface area contributed by atoms with Crippen LogP contribution < -0.4 is 0 Å². The lowest BCUT2D eigenvalue weighted by atomic mass is 10.3. The third kappa shape index (κ3) is 7.78. The lowest BCUT2D eigenvalue weighted by Gasteiger charge is -2.19. The minimum absolute atomic E-state index is 0.0140. The maximum Gasteiger partial charge on any atom is 0.318 e. The van der Waals surface area contributed by atoms with Gasteiger partial charge in [0.15, 0.2) is 0 Å². The van der Waals surface area contributed by atoms with Crippen LogP contribution in [0.4, 0.5) is 0 Å². The van der Waals surface area contributed by atoms with Gasteiger partial charge < -0.3 is 9.84 Å². The molecule has 0 radical (unpaired) electrons. The van der Waals surface area contributed by atoms with Crippen LogP contribution in [0, 0.1) is 0 Å². The van der Waals surface area contributed by atoms with Crippen molar-refractivity contribution in [2.75, 3.05) is 25.4 Å². The van der Waals surface area contributed by atoms with Crippen molar-refractivity contribution >= 4 is 22.0 Å². The lowest BCUT2D eigenvalue weighted by Crippen LogP contribution is -2.37. The summed E-state index contributed by atoms with van der Waals surface area (Å²) in [6, 6.07) is 0. The molecule has 0 saturated heterocycles. The minimum Gasteiger partial charge on any atom is -0.480 e. The SMILES string of the molecule is CCCN(CC(=O)O)S(=O)(=O)CCCC(=O)OCC. The molecule has 0 rings (SSSR count). The summed E-state index contributed by atoms with van der Waals surface area (Å²) in [4.78, 5) is 21.7. The number of esters is 1. The fraction of sp³-hybridized carbons (Fsp3) is 0.818. The summed E-state index contributed by atoms with van der Waals surface area (Å²) in [5.41, 5.74) is 0. The zero-order chi connectivity index (χ0) is 14.9. The second kappa shape index (κ2) is 8.87. The van der Waals surface area contributed by atoms with Crippen molar-refractivity contribution in [3.05, 3.63) is 0 Å². The van der Waals surface area contributed by atoms with Crippen molar-refractivity contribution in [1.29, 1.82) is 0 Å². The van der Waals surface area contributed by atoms with E-state index in [1.165, 1.54) is 0 Å². The van der Waals surface area contributed by atoms with Crippen LogP contribution >= 0.6 is 0 Å². The summed E-state index contributed by atoms with van der Waals surface area (Å²) in [7, 11) is -3.65.